The second-order valence-electron chi connectivity index (χ2n) is 6.68. The number of hydrogen-bond acceptors (Lipinski definition) is 5. The number of aryl methyl sites for hydroxylation is 1. The standard InChI is InChI=1S/C18H29N7S/c1-4-25-13-22-23-16(25)12-21-18(19-2)20-11-14-7-5-9-24(3)17(14)15-8-6-10-26-15/h6,8,10,13-14,17H,4-5,7,9,11-12H2,1-3H3,(H2,19,20,21). The third kappa shape index (κ3) is 4.42. The summed E-state index contributed by atoms with van der Waals surface area (Å²) in [4.78, 5) is 8.30. The van der Waals surface area contributed by atoms with E-state index < -0.39 is 0 Å². The largest absolute Gasteiger partial charge is 0.356 e. The molecule has 1 aliphatic rings. The molecule has 0 saturated carbocycles. The Morgan fingerprint density at radius 2 is 2.31 bits per heavy atom. The predicted molar refractivity (Wildman–Crippen MR) is 106 cm³/mol. The summed E-state index contributed by atoms with van der Waals surface area (Å²) in [6, 6.07) is 4.89. The molecule has 2 unspecified atom stereocenters. The summed E-state index contributed by atoms with van der Waals surface area (Å²) < 4.78 is 2.03. The van der Waals surface area contributed by atoms with Crippen LogP contribution in [0, 0.1) is 5.92 Å². The van der Waals surface area contributed by atoms with Crippen LogP contribution in [0.25, 0.3) is 0 Å². The van der Waals surface area contributed by atoms with E-state index >= 15 is 0 Å². The normalized spacial score (nSPS) is 21.7. The summed E-state index contributed by atoms with van der Waals surface area (Å²) in [5, 5.41) is 17.2. The molecule has 2 N–H and O–H groups in total. The van der Waals surface area contributed by atoms with Crippen molar-refractivity contribution in [3.8, 4) is 0 Å². The molecule has 1 fully saturated rings. The highest BCUT2D eigenvalue weighted by molar-refractivity contribution is 7.10. The monoisotopic (exact) mass is 375 g/mol. The molecule has 0 aliphatic carbocycles. The molecule has 1 saturated heterocycles. The van der Waals surface area contributed by atoms with Crippen LogP contribution in [0.2, 0.25) is 0 Å². The van der Waals surface area contributed by atoms with Gasteiger partial charge in [0.15, 0.2) is 11.8 Å². The van der Waals surface area contributed by atoms with Gasteiger partial charge in [-0.1, -0.05) is 6.07 Å². The molecule has 0 aromatic carbocycles. The molecule has 2 atom stereocenters. The maximum absolute atomic E-state index is 4.36. The van der Waals surface area contributed by atoms with Gasteiger partial charge in [0.25, 0.3) is 0 Å². The van der Waals surface area contributed by atoms with Gasteiger partial charge in [0.05, 0.1) is 6.54 Å². The summed E-state index contributed by atoms with van der Waals surface area (Å²) in [5.74, 6) is 2.31. The Morgan fingerprint density at radius 1 is 1.42 bits per heavy atom. The zero-order chi connectivity index (χ0) is 18.4. The van der Waals surface area contributed by atoms with E-state index in [1.54, 1.807) is 6.33 Å². The maximum atomic E-state index is 4.36. The fourth-order valence-electron chi connectivity index (χ4n) is 3.67. The zero-order valence-electron chi connectivity index (χ0n) is 15.9. The molecular weight excluding hydrogens is 346 g/mol. The number of likely N-dealkylation sites (tertiary alicyclic amines) is 1. The van der Waals surface area contributed by atoms with Gasteiger partial charge in [0.1, 0.15) is 6.33 Å². The van der Waals surface area contributed by atoms with Crippen LogP contribution in [-0.2, 0) is 13.1 Å². The third-order valence-electron chi connectivity index (χ3n) is 5.05. The van der Waals surface area contributed by atoms with E-state index in [2.05, 4.69) is 62.2 Å². The van der Waals surface area contributed by atoms with E-state index in [0.29, 0.717) is 18.5 Å². The van der Waals surface area contributed by atoms with Gasteiger partial charge in [0.2, 0.25) is 0 Å². The molecule has 0 spiro atoms. The van der Waals surface area contributed by atoms with Gasteiger partial charge >= 0.3 is 0 Å². The number of thiophene rings is 1. The zero-order valence-corrected chi connectivity index (χ0v) is 16.7. The van der Waals surface area contributed by atoms with E-state index in [0.717, 1.165) is 24.9 Å². The highest BCUT2D eigenvalue weighted by Crippen LogP contribution is 2.36. The van der Waals surface area contributed by atoms with Crippen molar-refractivity contribution in [3.05, 3.63) is 34.5 Å². The fourth-order valence-corrected chi connectivity index (χ4v) is 4.66. The molecule has 2 aromatic rings. The van der Waals surface area contributed by atoms with E-state index in [4.69, 9.17) is 0 Å². The van der Waals surface area contributed by atoms with Crippen molar-refractivity contribution < 1.29 is 0 Å². The van der Waals surface area contributed by atoms with Gasteiger partial charge in [-0.15, -0.1) is 21.5 Å². The number of guanidine groups is 1. The van der Waals surface area contributed by atoms with Gasteiger partial charge < -0.3 is 15.2 Å². The molecule has 3 heterocycles. The van der Waals surface area contributed by atoms with Gasteiger partial charge in [-0.3, -0.25) is 9.89 Å². The summed E-state index contributed by atoms with van der Waals surface area (Å²) >= 11 is 1.86. The molecule has 142 valence electrons. The van der Waals surface area contributed by atoms with Gasteiger partial charge in [-0.05, 0) is 50.7 Å². The minimum absolute atomic E-state index is 0.484. The number of aliphatic imine (C=N–C) groups is 1. The second kappa shape index (κ2) is 9.14. The van der Waals surface area contributed by atoms with Crippen LogP contribution >= 0.6 is 11.3 Å². The minimum Gasteiger partial charge on any atom is -0.356 e. The Labute approximate surface area is 159 Å². The smallest absolute Gasteiger partial charge is 0.191 e. The average molecular weight is 376 g/mol. The third-order valence-corrected chi connectivity index (χ3v) is 5.99. The Kier molecular flexibility index (Phi) is 6.62. The quantitative estimate of drug-likeness (QED) is 0.598. The van der Waals surface area contributed by atoms with Crippen LogP contribution in [0.4, 0.5) is 0 Å². The van der Waals surface area contributed by atoms with Crippen LogP contribution in [-0.4, -0.2) is 52.8 Å². The van der Waals surface area contributed by atoms with E-state index in [1.165, 1.54) is 24.3 Å². The molecule has 0 bridgehead atoms. The predicted octanol–water partition coefficient (Wildman–Crippen LogP) is 2.11. The molecule has 0 radical (unpaired) electrons. The number of nitrogens with zero attached hydrogens (tertiary/aromatic N) is 5. The molecule has 3 rings (SSSR count). The number of rotatable bonds is 6. The number of piperidine rings is 1. The summed E-state index contributed by atoms with van der Waals surface area (Å²) in [6.07, 6.45) is 4.24. The van der Waals surface area contributed by atoms with E-state index in [1.807, 2.05) is 23.0 Å². The number of aromatic nitrogens is 3. The first kappa shape index (κ1) is 18.8. The van der Waals surface area contributed by atoms with Crippen LogP contribution in [0.1, 0.15) is 36.5 Å². The van der Waals surface area contributed by atoms with Crippen LogP contribution in [0.15, 0.2) is 28.8 Å². The van der Waals surface area contributed by atoms with Crippen LogP contribution in [0.5, 0.6) is 0 Å². The molecule has 0 amide bonds. The Hall–Kier alpha value is -1.93. The van der Waals surface area contributed by atoms with Crippen molar-refractivity contribution in [2.45, 2.75) is 38.9 Å². The summed E-state index contributed by atoms with van der Waals surface area (Å²) in [6.45, 7) is 5.65. The Balaban J connectivity index is 1.57. The summed E-state index contributed by atoms with van der Waals surface area (Å²) in [7, 11) is 4.05. The Morgan fingerprint density at radius 3 is 3.04 bits per heavy atom. The second-order valence-corrected chi connectivity index (χ2v) is 7.66. The molecule has 1 aliphatic heterocycles. The highest BCUT2D eigenvalue weighted by Gasteiger charge is 2.31. The topological polar surface area (TPSA) is 70.4 Å². The first-order valence-corrected chi connectivity index (χ1v) is 10.2. The number of nitrogens with one attached hydrogen (secondary N) is 2. The van der Waals surface area contributed by atoms with Crippen molar-refractivity contribution in [1.29, 1.82) is 0 Å². The fraction of sp³-hybridized carbons (Fsp3) is 0.611. The van der Waals surface area contributed by atoms with Gasteiger partial charge in [-0.25, -0.2) is 0 Å². The molecule has 7 nitrogen and oxygen atoms in total. The molecular formula is C18H29N7S. The van der Waals surface area contributed by atoms with Crippen LogP contribution < -0.4 is 10.6 Å². The lowest BCUT2D eigenvalue weighted by Gasteiger charge is -2.39. The molecule has 26 heavy (non-hydrogen) atoms. The molecule has 8 heteroatoms. The lowest BCUT2D eigenvalue weighted by Crippen LogP contribution is -2.44. The lowest BCUT2D eigenvalue weighted by molar-refractivity contribution is 0.125. The average Bonchev–Trinajstić information content (AvgIpc) is 3.33. The van der Waals surface area contributed by atoms with Crippen molar-refractivity contribution >= 4 is 17.3 Å². The van der Waals surface area contributed by atoms with Crippen molar-refractivity contribution in [2.75, 3.05) is 27.2 Å². The van der Waals surface area contributed by atoms with Crippen molar-refractivity contribution in [2.24, 2.45) is 10.9 Å². The number of hydrogen-bond donors (Lipinski definition) is 2. The lowest BCUT2D eigenvalue weighted by atomic mass is 9.88. The van der Waals surface area contributed by atoms with Crippen molar-refractivity contribution in [3.63, 3.8) is 0 Å². The van der Waals surface area contributed by atoms with Crippen molar-refractivity contribution in [1.82, 2.24) is 30.3 Å². The van der Waals surface area contributed by atoms with Gasteiger partial charge in [0, 0.05) is 31.1 Å². The van der Waals surface area contributed by atoms with E-state index in [-0.39, 0.29) is 0 Å². The summed E-state index contributed by atoms with van der Waals surface area (Å²) in [5.41, 5.74) is 0. The first-order chi connectivity index (χ1) is 12.7. The Bertz CT molecular complexity index is 694. The molecule has 2 aromatic heterocycles. The maximum Gasteiger partial charge on any atom is 0.191 e. The van der Waals surface area contributed by atoms with E-state index in [9.17, 15) is 0 Å². The SMILES string of the molecule is CCn1cnnc1CNC(=NC)NCC1CCCN(C)C1c1cccs1. The van der Waals surface area contributed by atoms with Crippen LogP contribution in [0.3, 0.4) is 0 Å². The first-order valence-electron chi connectivity index (χ1n) is 9.27. The highest BCUT2D eigenvalue weighted by atomic mass is 32.1. The van der Waals surface area contributed by atoms with Gasteiger partial charge in [-0.2, -0.15) is 0 Å². The minimum atomic E-state index is 0.484.